The van der Waals surface area contributed by atoms with Gasteiger partial charge in [-0.2, -0.15) is 0 Å². The number of nitrogens with one attached hydrogen (secondary N) is 1. The molecule has 0 fully saturated rings. The van der Waals surface area contributed by atoms with E-state index in [0.717, 1.165) is 12.8 Å². The van der Waals surface area contributed by atoms with Gasteiger partial charge in [0.15, 0.2) is 0 Å². The molecule has 0 aliphatic rings. The zero-order valence-electron chi connectivity index (χ0n) is 10.8. The quantitative estimate of drug-likeness (QED) is 0.797. The predicted molar refractivity (Wildman–Crippen MR) is 69.6 cm³/mol. The van der Waals surface area contributed by atoms with Crippen molar-refractivity contribution >= 4 is 5.69 Å². The molecule has 0 saturated carbocycles. The molecule has 2 N–H and O–H groups in total. The van der Waals surface area contributed by atoms with Crippen LogP contribution in [0.15, 0.2) is 24.3 Å². The Labute approximate surface area is 103 Å². The summed E-state index contributed by atoms with van der Waals surface area (Å²) in [6.45, 7) is 6.19. The van der Waals surface area contributed by atoms with Crippen molar-refractivity contribution in [2.75, 3.05) is 11.9 Å². The first-order valence-corrected chi connectivity index (χ1v) is 6.10. The van der Waals surface area contributed by atoms with E-state index in [4.69, 9.17) is 0 Å². The standard InChI is InChI=1S/C14H22FNO/c1-11(2)8-9-14(3,10-17)16-13-7-5-4-6-12(13)15/h4-7,11,16-17H,8-10H2,1-3H3. The lowest BCUT2D eigenvalue weighted by atomic mass is 9.92. The van der Waals surface area contributed by atoms with E-state index in [-0.39, 0.29) is 12.4 Å². The second kappa shape index (κ2) is 6.01. The molecule has 0 amide bonds. The summed E-state index contributed by atoms with van der Waals surface area (Å²) in [4.78, 5) is 0. The van der Waals surface area contributed by atoms with E-state index in [0.29, 0.717) is 11.6 Å². The van der Waals surface area contributed by atoms with Gasteiger partial charge in [-0.1, -0.05) is 26.0 Å². The minimum atomic E-state index is -0.466. The van der Waals surface area contributed by atoms with Gasteiger partial charge in [-0.05, 0) is 37.8 Å². The Morgan fingerprint density at radius 1 is 1.35 bits per heavy atom. The number of hydrogen-bond donors (Lipinski definition) is 2. The minimum absolute atomic E-state index is 0.00590. The van der Waals surface area contributed by atoms with Gasteiger partial charge in [0.2, 0.25) is 0 Å². The van der Waals surface area contributed by atoms with Crippen molar-refractivity contribution < 1.29 is 9.50 Å². The summed E-state index contributed by atoms with van der Waals surface area (Å²) >= 11 is 0. The Hall–Kier alpha value is -1.09. The molecule has 2 nitrogen and oxygen atoms in total. The third kappa shape index (κ3) is 4.35. The Morgan fingerprint density at radius 2 is 2.00 bits per heavy atom. The molecule has 0 saturated heterocycles. The van der Waals surface area contributed by atoms with Crippen molar-refractivity contribution in [1.29, 1.82) is 0 Å². The topological polar surface area (TPSA) is 32.3 Å². The van der Waals surface area contributed by atoms with Crippen LogP contribution in [0.25, 0.3) is 0 Å². The lowest BCUT2D eigenvalue weighted by Gasteiger charge is -2.30. The number of hydrogen-bond acceptors (Lipinski definition) is 2. The van der Waals surface area contributed by atoms with Crippen LogP contribution in [-0.4, -0.2) is 17.3 Å². The minimum Gasteiger partial charge on any atom is -0.394 e. The molecule has 0 bridgehead atoms. The lowest BCUT2D eigenvalue weighted by molar-refractivity contribution is 0.208. The molecular weight excluding hydrogens is 217 g/mol. The molecule has 17 heavy (non-hydrogen) atoms. The molecule has 0 heterocycles. The maximum Gasteiger partial charge on any atom is 0.146 e. The van der Waals surface area contributed by atoms with Crippen LogP contribution < -0.4 is 5.32 Å². The van der Waals surface area contributed by atoms with E-state index < -0.39 is 5.54 Å². The number of anilines is 1. The molecule has 1 aromatic carbocycles. The highest BCUT2D eigenvalue weighted by Gasteiger charge is 2.24. The lowest BCUT2D eigenvalue weighted by Crippen LogP contribution is -2.39. The monoisotopic (exact) mass is 239 g/mol. The van der Waals surface area contributed by atoms with Crippen molar-refractivity contribution in [3.05, 3.63) is 30.1 Å². The number of halogens is 1. The maximum atomic E-state index is 13.5. The van der Waals surface area contributed by atoms with E-state index in [2.05, 4.69) is 19.2 Å². The van der Waals surface area contributed by atoms with Crippen LogP contribution in [0, 0.1) is 11.7 Å². The van der Waals surface area contributed by atoms with Gasteiger partial charge in [-0.15, -0.1) is 0 Å². The molecule has 0 aromatic heterocycles. The van der Waals surface area contributed by atoms with Crippen LogP contribution in [-0.2, 0) is 0 Å². The molecule has 3 heteroatoms. The Morgan fingerprint density at radius 3 is 2.53 bits per heavy atom. The largest absolute Gasteiger partial charge is 0.394 e. The molecule has 0 spiro atoms. The van der Waals surface area contributed by atoms with Crippen molar-refractivity contribution in [3.8, 4) is 0 Å². The Bertz CT molecular complexity index is 354. The highest BCUT2D eigenvalue weighted by molar-refractivity contribution is 5.46. The first-order valence-electron chi connectivity index (χ1n) is 6.10. The van der Waals surface area contributed by atoms with Crippen LogP contribution in [0.4, 0.5) is 10.1 Å². The molecule has 0 radical (unpaired) electrons. The van der Waals surface area contributed by atoms with Gasteiger partial charge in [0, 0.05) is 0 Å². The number of para-hydroxylation sites is 1. The van der Waals surface area contributed by atoms with Gasteiger partial charge in [0.1, 0.15) is 5.82 Å². The van der Waals surface area contributed by atoms with Gasteiger partial charge >= 0.3 is 0 Å². The van der Waals surface area contributed by atoms with Crippen LogP contribution in [0.5, 0.6) is 0 Å². The zero-order chi connectivity index (χ0) is 12.9. The number of benzene rings is 1. The average Bonchev–Trinajstić information content (AvgIpc) is 2.30. The van der Waals surface area contributed by atoms with Crippen LogP contribution in [0.1, 0.15) is 33.6 Å². The molecular formula is C14H22FNO. The number of aliphatic hydroxyl groups excluding tert-OH is 1. The predicted octanol–water partition coefficient (Wildman–Crippen LogP) is 3.42. The summed E-state index contributed by atoms with van der Waals surface area (Å²) in [5, 5.41) is 12.6. The third-order valence-electron chi connectivity index (χ3n) is 2.93. The SMILES string of the molecule is CC(C)CCC(C)(CO)Nc1ccccc1F. The summed E-state index contributed by atoms with van der Waals surface area (Å²) in [6.07, 6.45) is 1.81. The summed E-state index contributed by atoms with van der Waals surface area (Å²) in [5.41, 5.74) is -0.0141. The second-order valence-corrected chi connectivity index (χ2v) is 5.26. The van der Waals surface area contributed by atoms with E-state index in [1.54, 1.807) is 18.2 Å². The molecule has 0 aliphatic heterocycles. The van der Waals surface area contributed by atoms with Gasteiger partial charge in [-0.3, -0.25) is 0 Å². The van der Waals surface area contributed by atoms with E-state index in [1.807, 2.05) is 6.92 Å². The van der Waals surface area contributed by atoms with E-state index in [1.165, 1.54) is 6.07 Å². The van der Waals surface area contributed by atoms with Gasteiger partial charge in [0.25, 0.3) is 0 Å². The molecule has 1 atom stereocenters. The highest BCUT2D eigenvalue weighted by atomic mass is 19.1. The van der Waals surface area contributed by atoms with Crippen molar-refractivity contribution in [3.63, 3.8) is 0 Å². The highest BCUT2D eigenvalue weighted by Crippen LogP contribution is 2.23. The molecule has 96 valence electrons. The van der Waals surface area contributed by atoms with Crippen molar-refractivity contribution in [1.82, 2.24) is 0 Å². The summed E-state index contributed by atoms with van der Waals surface area (Å²) in [5.74, 6) is 0.292. The van der Waals surface area contributed by atoms with Crippen molar-refractivity contribution in [2.45, 2.75) is 39.2 Å². The van der Waals surface area contributed by atoms with Crippen LogP contribution in [0.2, 0.25) is 0 Å². The molecule has 1 rings (SSSR count). The smallest absolute Gasteiger partial charge is 0.146 e. The third-order valence-corrected chi connectivity index (χ3v) is 2.93. The fourth-order valence-electron chi connectivity index (χ4n) is 1.68. The van der Waals surface area contributed by atoms with Crippen LogP contribution >= 0.6 is 0 Å². The zero-order valence-corrected chi connectivity index (χ0v) is 10.8. The number of rotatable bonds is 6. The summed E-state index contributed by atoms with van der Waals surface area (Å²) < 4.78 is 13.5. The van der Waals surface area contributed by atoms with Crippen molar-refractivity contribution in [2.24, 2.45) is 5.92 Å². The molecule has 1 unspecified atom stereocenters. The first-order chi connectivity index (χ1) is 7.97. The van der Waals surface area contributed by atoms with E-state index >= 15 is 0 Å². The Kier molecular flexibility index (Phi) is 4.94. The van der Waals surface area contributed by atoms with Crippen LogP contribution in [0.3, 0.4) is 0 Å². The maximum absolute atomic E-state index is 13.5. The van der Waals surface area contributed by atoms with Gasteiger partial charge < -0.3 is 10.4 Å². The molecule has 1 aromatic rings. The Balaban J connectivity index is 2.71. The van der Waals surface area contributed by atoms with Gasteiger partial charge in [-0.25, -0.2) is 4.39 Å². The summed E-state index contributed by atoms with van der Waals surface area (Å²) in [7, 11) is 0. The fourth-order valence-corrected chi connectivity index (χ4v) is 1.68. The first kappa shape index (κ1) is 14.0. The average molecular weight is 239 g/mol. The fraction of sp³-hybridized carbons (Fsp3) is 0.571. The number of aliphatic hydroxyl groups is 1. The molecule has 0 aliphatic carbocycles. The normalized spacial score (nSPS) is 14.7. The van der Waals surface area contributed by atoms with E-state index in [9.17, 15) is 9.50 Å². The summed E-state index contributed by atoms with van der Waals surface area (Å²) in [6, 6.07) is 6.55. The van der Waals surface area contributed by atoms with Gasteiger partial charge in [0.05, 0.1) is 17.8 Å². The second-order valence-electron chi connectivity index (χ2n) is 5.26.